The van der Waals surface area contributed by atoms with E-state index in [1.165, 1.54) is 6.33 Å². The van der Waals surface area contributed by atoms with Gasteiger partial charge in [0, 0.05) is 24.8 Å². The van der Waals surface area contributed by atoms with E-state index in [4.69, 9.17) is 4.74 Å². The number of hydrogen-bond donors (Lipinski definition) is 1. The second-order valence-electron chi connectivity index (χ2n) is 7.43. The Morgan fingerprint density at radius 2 is 2.00 bits per heavy atom. The number of aryl methyl sites for hydroxylation is 1. The quantitative estimate of drug-likeness (QED) is 0.866. The van der Waals surface area contributed by atoms with Gasteiger partial charge in [-0.05, 0) is 52.2 Å². The van der Waals surface area contributed by atoms with Gasteiger partial charge in [0.2, 0.25) is 0 Å². The number of piperidine rings is 1. The first kappa shape index (κ1) is 16.7. The Balaban J connectivity index is 1.76. The Labute approximate surface area is 141 Å². The molecule has 130 valence electrons. The van der Waals surface area contributed by atoms with Crippen LogP contribution in [0.1, 0.15) is 44.7 Å². The van der Waals surface area contributed by atoms with E-state index < -0.39 is 11.2 Å². The van der Waals surface area contributed by atoms with Crippen LogP contribution in [0.4, 0.5) is 4.79 Å². The summed E-state index contributed by atoms with van der Waals surface area (Å²) in [7, 11) is 0. The highest BCUT2D eigenvalue weighted by molar-refractivity contribution is 5.68. The average Bonchev–Trinajstić information content (AvgIpc) is 2.92. The summed E-state index contributed by atoms with van der Waals surface area (Å²) in [5.74, 6) is 0. The van der Waals surface area contributed by atoms with Gasteiger partial charge in [-0.15, -0.1) is 0 Å². The smallest absolute Gasteiger partial charge is 0.410 e. The lowest BCUT2D eigenvalue weighted by Crippen LogP contribution is -2.47. The van der Waals surface area contributed by atoms with Crippen LogP contribution in [0.15, 0.2) is 18.6 Å². The Morgan fingerprint density at radius 3 is 2.62 bits per heavy atom. The fourth-order valence-electron chi connectivity index (χ4n) is 3.10. The summed E-state index contributed by atoms with van der Waals surface area (Å²) in [6.45, 7) is 8.42. The second kappa shape index (κ2) is 5.73. The molecule has 0 atom stereocenters. The van der Waals surface area contributed by atoms with E-state index in [1.54, 1.807) is 9.42 Å². The number of rotatable bonds is 1. The maximum Gasteiger partial charge on any atom is 0.410 e. The summed E-state index contributed by atoms with van der Waals surface area (Å²) >= 11 is 0. The molecule has 1 aliphatic heterocycles. The highest BCUT2D eigenvalue weighted by atomic mass is 16.6. The lowest BCUT2D eigenvalue weighted by Gasteiger charge is -2.39. The van der Waals surface area contributed by atoms with Crippen LogP contribution in [0.25, 0.3) is 5.65 Å². The van der Waals surface area contributed by atoms with Gasteiger partial charge in [0.15, 0.2) is 5.65 Å². The van der Waals surface area contributed by atoms with Crippen molar-refractivity contribution in [2.75, 3.05) is 13.1 Å². The predicted octanol–water partition coefficient (Wildman–Crippen LogP) is 2.26. The molecule has 7 nitrogen and oxygen atoms in total. The molecule has 2 aromatic heterocycles. The van der Waals surface area contributed by atoms with Crippen LogP contribution in [0.2, 0.25) is 0 Å². The SMILES string of the molecule is Cc1cc2ncnn2cc1C1(O)CCN(C(=O)OC(C)(C)C)CC1. The number of amides is 1. The van der Waals surface area contributed by atoms with Gasteiger partial charge in [0.25, 0.3) is 0 Å². The molecule has 1 amide bonds. The van der Waals surface area contributed by atoms with Crippen molar-refractivity contribution in [2.45, 2.75) is 51.7 Å². The first-order valence-electron chi connectivity index (χ1n) is 8.19. The first-order valence-corrected chi connectivity index (χ1v) is 8.19. The summed E-state index contributed by atoms with van der Waals surface area (Å²) in [5.41, 5.74) is 1.08. The number of carbonyl (C=O) groups excluding carboxylic acids is 1. The molecule has 7 heteroatoms. The Kier molecular flexibility index (Phi) is 3.99. The van der Waals surface area contributed by atoms with Gasteiger partial charge in [-0.3, -0.25) is 0 Å². The van der Waals surface area contributed by atoms with Crippen molar-refractivity contribution in [3.8, 4) is 0 Å². The molecule has 1 fully saturated rings. The molecule has 2 aromatic rings. The standard InChI is InChI=1S/C17H24N4O3/c1-12-9-14-18-11-19-21(14)10-13(12)17(23)5-7-20(8-6-17)15(22)24-16(2,3)4/h9-11,23H,5-8H2,1-4H3. The van der Waals surface area contributed by atoms with Gasteiger partial charge < -0.3 is 14.7 Å². The summed E-state index contributed by atoms with van der Waals surface area (Å²) < 4.78 is 7.07. The lowest BCUT2D eigenvalue weighted by atomic mass is 9.83. The van der Waals surface area contributed by atoms with Gasteiger partial charge in [-0.1, -0.05) is 0 Å². The van der Waals surface area contributed by atoms with Crippen LogP contribution in [-0.2, 0) is 10.3 Å². The van der Waals surface area contributed by atoms with E-state index in [-0.39, 0.29) is 6.09 Å². The number of ether oxygens (including phenoxy) is 1. The van der Waals surface area contributed by atoms with Crippen molar-refractivity contribution in [2.24, 2.45) is 0 Å². The fourth-order valence-corrected chi connectivity index (χ4v) is 3.10. The third-order valence-electron chi connectivity index (χ3n) is 4.37. The zero-order valence-corrected chi connectivity index (χ0v) is 14.6. The third-order valence-corrected chi connectivity index (χ3v) is 4.37. The van der Waals surface area contributed by atoms with Gasteiger partial charge in [0.1, 0.15) is 11.9 Å². The predicted molar refractivity (Wildman–Crippen MR) is 88.7 cm³/mol. The fraction of sp³-hybridized carbons (Fsp3) is 0.588. The molecule has 0 unspecified atom stereocenters. The van der Waals surface area contributed by atoms with Crippen LogP contribution < -0.4 is 0 Å². The van der Waals surface area contributed by atoms with E-state index in [1.807, 2.05) is 40.0 Å². The van der Waals surface area contributed by atoms with Crippen molar-refractivity contribution in [3.05, 3.63) is 29.7 Å². The van der Waals surface area contributed by atoms with E-state index in [0.29, 0.717) is 25.9 Å². The van der Waals surface area contributed by atoms with Crippen molar-refractivity contribution < 1.29 is 14.6 Å². The van der Waals surface area contributed by atoms with Crippen molar-refractivity contribution in [1.82, 2.24) is 19.5 Å². The minimum absolute atomic E-state index is 0.326. The Morgan fingerprint density at radius 1 is 1.33 bits per heavy atom. The summed E-state index contributed by atoms with van der Waals surface area (Å²) in [6, 6.07) is 1.92. The molecule has 0 radical (unpaired) electrons. The lowest BCUT2D eigenvalue weighted by molar-refractivity contribution is -0.0362. The van der Waals surface area contributed by atoms with Gasteiger partial charge in [0.05, 0.1) is 5.60 Å². The van der Waals surface area contributed by atoms with Crippen molar-refractivity contribution in [3.63, 3.8) is 0 Å². The molecule has 1 aliphatic rings. The molecule has 1 saturated heterocycles. The maximum absolute atomic E-state index is 12.2. The molecule has 0 bridgehead atoms. The van der Waals surface area contributed by atoms with Crippen LogP contribution in [0.5, 0.6) is 0 Å². The van der Waals surface area contributed by atoms with E-state index in [2.05, 4.69) is 10.1 Å². The Hall–Kier alpha value is -2.15. The largest absolute Gasteiger partial charge is 0.444 e. The number of nitrogens with zero attached hydrogens (tertiary/aromatic N) is 4. The molecule has 3 rings (SSSR count). The van der Waals surface area contributed by atoms with Crippen LogP contribution in [0, 0.1) is 6.92 Å². The molecule has 0 saturated carbocycles. The monoisotopic (exact) mass is 332 g/mol. The second-order valence-corrected chi connectivity index (χ2v) is 7.43. The Bertz CT molecular complexity index is 755. The topological polar surface area (TPSA) is 80.0 Å². The third kappa shape index (κ3) is 3.21. The number of hydrogen-bond acceptors (Lipinski definition) is 5. The van der Waals surface area contributed by atoms with Crippen LogP contribution in [-0.4, -0.2) is 49.4 Å². The molecular weight excluding hydrogens is 308 g/mol. The minimum Gasteiger partial charge on any atom is -0.444 e. The summed E-state index contributed by atoms with van der Waals surface area (Å²) in [4.78, 5) is 18.0. The van der Waals surface area contributed by atoms with Crippen molar-refractivity contribution in [1.29, 1.82) is 0 Å². The normalized spacial score (nSPS) is 18.0. The van der Waals surface area contributed by atoms with Gasteiger partial charge in [-0.25, -0.2) is 14.3 Å². The molecule has 3 heterocycles. The molecule has 0 aliphatic carbocycles. The van der Waals surface area contributed by atoms with Crippen molar-refractivity contribution >= 4 is 11.7 Å². The average molecular weight is 332 g/mol. The zero-order valence-electron chi connectivity index (χ0n) is 14.6. The highest BCUT2D eigenvalue weighted by Gasteiger charge is 2.38. The number of pyridine rings is 1. The van der Waals surface area contributed by atoms with Crippen LogP contribution >= 0.6 is 0 Å². The molecular formula is C17H24N4O3. The number of carbonyl (C=O) groups is 1. The molecule has 1 N–H and O–H groups in total. The molecule has 0 spiro atoms. The number of fused-ring (bicyclic) bond motifs is 1. The van der Waals surface area contributed by atoms with E-state index in [0.717, 1.165) is 16.8 Å². The van der Waals surface area contributed by atoms with Gasteiger partial charge in [-0.2, -0.15) is 5.10 Å². The first-order chi connectivity index (χ1) is 11.2. The highest BCUT2D eigenvalue weighted by Crippen LogP contribution is 2.35. The number of aliphatic hydroxyl groups is 1. The number of aromatic nitrogens is 3. The number of likely N-dealkylation sites (tertiary alicyclic amines) is 1. The summed E-state index contributed by atoms with van der Waals surface area (Å²) in [5, 5.41) is 15.3. The van der Waals surface area contributed by atoms with E-state index in [9.17, 15) is 9.90 Å². The molecule has 0 aromatic carbocycles. The van der Waals surface area contributed by atoms with E-state index >= 15 is 0 Å². The zero-order chi connectivity index (χ0) is 17.5. The summed E-state index contributed by atoms with van der Waals surface area (Å²) in [6.07, 6.45) is 3.93. The van der Waals surface area contributed by atoms with Crippen LogP contribution in [0.3, 0.4) is 0 Å². The van der Waals surface area contributed by atoms with Gasteiger partial charge >= 0.3 is 6.09 Å². The molecule has 24 heavy (non-hydrogen) atoms. The maximum atomic E-state index is 12.2. The minimum atomic E-state index is -0.970.